The monoisotopic (exact) mass is 312 g/mol. The van der Waals surface area contributed by atoms with Gasteiger partial charge < -0.3 is 0 Å². The van der Waals surface area contributed by atoms with Crippen molar-refractivity contribution in [3.63, 3.8) is 0 Å². The van der Waals surface area contributed by atoms with Crippen molar-refractivity contribution < 1.29 is 0 Å². The molecule has 0 spiro atoms. The molecule has 1 aliphatic rings. The first-order valence-electron chi connectivity index (χ1n) is 10.00. The Labute approximate surface area is 139 Å². The van der Waals surface area contributed by atoms with Crippen molar-refractivity contribution in [3.05, 3.63) is 0 Å². The van der Waals surface area contributed by atoms with Crippen LogP contribution in [0, 0.1) is 5.92 Å². The van der Waals surface area contributed by atoms with Crippen LogP contribution >= 0.6 is 11.8 Å². The molecule has 0 saturated carbocycles. The van der Waals surface area contributed by atoms with Crippen LogP contribution in [0.3, 0.4) is 0 Å². The average molecular weight is 313 g/mol. The van der Waals surface area contributed by atoms with E-state index < -0.39 is 0 Å². The average Bonchev–Trinajstić information content (AvgIpc) is 2.52. The van der Waals surface area contributed by atoms with Crippen LogP contribution in [0.1, 0.15) is 110 Å². The van der Waals surface area contributed by atoms with Crippen LogP contribution in [0.4, 0.5) is 0 Å². The summed E-state index contributed by atoms with van der Waals surface area (Å²) < 4.78 is 0. The van der Waals surface area contributed by atoms with Crippen molar-refractivity contribution in [1.82, 2.24) is 0 Å². The summed E-state index contributed by atoms with van der Waals surface area (Å²) in [5.74, 6) is 2.49. The van der Waals surface area contributed by atoms with Gasteiger partial charge in [0.25, 0.3) is 0 Å². The van der Waals surface area contributed by atoms with E-state index in [-0.39, 0.29) is 0 Å². The zero-order chi connectivity index (χ0) is 15.2. The maximum Gasteiger partial charge on any atom is 0.00753 e. The van der Waals surface area contributed by atoms with Crippen LogP contribution in [-0.4, -0.2) is 11.0 Å². The normalized spacial score (nSPS) is 22.6. The number of rotatable bonds is 13. The summed E-state index contributed by atoms with van der Waals surface area (Å²) in [4.78, 5) is 0. The molecule has 0 nitrogen and oxygen atoms in total. The molecule has 1 saturated heterocycles. The third-order valence-electron chi connectivity index (χ3n) is 5.10. The van der Waals surface area contributed by atoms with E-state index in [1.165, 1.54) is 102 Å². The highest BCUT2D eigenvalue weighted by Gasteiger charge is 2.24. The maximum absolute atomic E-state index is 2.31. The van der Waals surface area contributed by atoms with E-state index in [1.807, 2.05) is 0 Å². The fourth-order valence-corrected chi connectivity index (χ4v) is 5.20. The van der Waals surface area contributed by atoms with Gasteiger partial charge in [0, 0.05) is 5.25 Å². The van der Waals surface area contributed by atoms with Gasteiger partial charge in [-0.2, -0.15) is 11.8 Å². The van der Waals surface area contributed by atoms with Crippen molar-refractivity contribution in [1.29, 1.82) is 0 Å². The predicted octanol–water partition coefficient (Wildman–Crippen LogP) is 7.61. The molecule has 2 atom stereocenters. The second-order valence-corrected chi connectivity index (χ2v) is 8.42. The summed E-state index contributed by atoms with van der Waals surface area (Å²) in [6, 6.07) is 0. The van der Waals surface area contributed by atoms with Crippen molar-refractivity contribution in [3.8, 4) is 0 Å². The minimum absolute atomic E-state index is 1.01. The van der Waals surface area contributed by atoms with Crippen LogP contribution in [-0.2, 0) is 0 Å². The first kappa shape index (κ1) is 19.4. The minimum Gasteiger partial charge on any atom is -0.158 e. The van der Waals surface area contributed by atoms with E-state index >= 15 is 0 Å². The van der Waals surface area contributed by atoms with E-state index in [2.05, 4.69) is 25.6 Å². The number of unbranched alkanes of at least 4 members (excludes halogenated alkanes) is 9. The Morgan fingerprint density at radius 3 is 1.95 bits per heavy atom. The molecule has 0 radical (unpaired) electrons. The lowest BCUT2D eigenvalue weighted by molar-refractivity contribution is 0.379. The van der Waals surface area contributed by atoms with Crippen molar-refractivity contribution in [2.24, 2.45) is 5.92 Å². The summed E-state index contributed by atoms with van der Waals surface area (Å²) in [5, 5.41) is 1.01. The molecule has 0 N–H and O–H groups in total. The molecule has 0 bridgehead atoms. The summed E-state index contributed by atoms with van der Waals surface area (Å²) >= 11 is 2.31. The number of hydrogen-bond donors (Lipinski definition) is 0. The molecule has 1 fully saturated rings. The van der Waals surface area contributed by atoms with Gasteiger partial charge in [-0.1, -0.05) is 84.5 Å². The summed E-state index contributed by atoms with van der Waals surface area (Å²) in [7, 11) is 0. The van der Waals surface area contributed by atoms with Gasteiger partial charge >= 0.3 is 0 Å². The van der Waals surface area contributed by atoms with Gasteiger partial charge in [0.05, 0.1) is 0 Å². The van der Waals surface area contributed by atoms with Gasteiger partial charge in [-0.15, -0.1) is 0 Å². The zero-order valence-corrected chi connectivity index (χ0v) is 15.7. The van der Waals surface area contributed by atoms with Gasteiger partial charge in [-0.3, -0.25) is 0 Å². The Morgan fingerprint density at radius 2 is 1.29 bits per heavy atom. The fraction of sp³-hybridized carbons (Fsp3) is 1.00. The Bertz CT molecular complexity index is 214. The summed E-state index contributed by atoms with van der Waals surface area (Å²) in [6.45, 7) is 4.62. The summed E-state index contributed by atoms with van der Waals surface area (Å²) in [6.07, 6.45) is 22.1. The van der Waals surface area contributed by atoms with Gasteiger partial charge in [-0.25, -0.2) is 0 Å². The highest BCUT2D eigenvalue weighted by Crippen LogP contribution is 2.37. The number of thioether (sulfide) groups is 1. The van der Waals surface area contributed by atoms with Gasteiger partial charge in [0.1, 0.15) is 0 Å². The molecule has 1 heteroatoms. The maximum atomic E-state index is 2.31. The molecular formula is C20H40S. The molecule has 1 rings (SSSR count). The molecule has 1 aliphatic heterocycles. The second kappa shape index (κ2) is 14.0. The van der Waals surface area contributed by atoms with Gasteiger partial charge in [-0.05, 0) is 37.4 Å². The Hall–Kier alpha value is 0.350. The molecule has 1 heterocycles. The molecule has 0 amide bonds. The molecule has 0 unspecified atom stereocenters. The largest absolute Gasteiger partial charge is 0.158 e. The SMILES string of the molecule is CCCCCCCC[C@H]1SCCC[C@@H]1CCCCCCC. The highest BCUT2D eigenvalue weighted by molar-refractivity contribution is 7.99. The van der Waals surface area contributed by atoms with E-state index in [9.17, 15) is 0 Å². The van der Waals surface area contributed by atoms with E-state index in [1.54, 1.807) is 0 Å². The number of hydrogen-bond acceptors (Lipinski definition) is 1. The van der Waals surface area contributed by atoms with E-state index in [0.29, 0.717) is 0 Å². The standard InChI is InChI=1S/C20H40S/c1-3-5-7-9-11-13-17-20-19(16-14-18-21-20)15-12-10-8-6-4-2/h19-20H,3-18H2,1-2H3/t19-,20+/m0/s1. The fourth-order valence-electron chi connectivity index (χ4n) is 3.69. The Balaban J connectivity index is 2.08. The quantitative estimate of drug-likeness (QED) is 0.315. The predicted molar refractivity (Wildman–Crippen MR) is 100 cm³/mol. The van der Waals surface area contributed by atoms with Crippen LogP contribution in [0.25, 0.3) is 0 Å². The lowest BCUT2D eigenvalue weighted by atomic mass is 9.89. The van der Waals surface area contributed by atoms with Crippen LogP contribution in [0.5, 0.6) is 0 Å². The smallest absolute Gasteiger partial charge is 0.00753 e. The van der Waals surface area contributed by atoms with Crippen LogP contribution in [0.2, 0.25) is 0 Å². The van der Waals surface area contributed by atoms with Gasteiger partial charge in [0.15, 0.2) is 0 Å². The topological polar surface area (TPSA) is 0 Å². The summed E-state index contributed by atoms with van der Waals surface area (Å²) in [5.41, 5.74) is 0. The lowest BCUT2D eigenvalue weighted by Crippen LogP contribution is -2.22. The molecular weight excluding hydrogens is 272 g/mol. The molecule has 126 valence electrons. The molecule has 21 heavy (non-hydrogen) atoms. The highest BCUT2D eigenvalue weighted by atomic mass is 32.2. The Kier molecular flexibility index (Phi) is 12.9. The van der Waals surface area contributed by atoms with E-state index in [4.69, 9.17) is 0 Å². The minimum atomic E-state index is 1.01. The zero-order valence-electron chi connectivity index (χ0n) is 14.9. The molecule has 0 aliphatic carbocycles. The first-order chi connectivity index (χ1) is 10.4. The molecule has 0 aromatic carbocycles. The molecule has 0 aromatic heterocycles. The third kappa shape index (κ3) is 9.87. The third-order valence-corrected chi connectivity index (χ3v) is 6.67. The van der Waals surface area contributed by atoms with Crippen LogP contribution in [0.15, 0.2) is 0 Å². The first-order valence-corrected chi connectivity index (χ1v) is 11.0. The van der Waals surface area contributed by atoms with Gasteiger partial charge in [0.2, 0.25) is 0 Å². The molecule has 0 aromatic rings. The van der Waals surface area contributed by atoms with Crippen molar-refractivity contribution >= 4 is 11.8 Å². The van der Waals surface area contributed by atoms with Crippen LogP contribution < -0.4 is 0 Å². The second-order valence-electron chi connectivity index (χ2n) is 7.07. The van der Waals surface area contributed by atoms with Crippen molar-refractivity contribution in [2.45, 2.75) is 115 Å². The van der Waals surface area contributed by atoms with Crippen molar-refractivity contribution in [2.75, 3.05) is 5.75 Å². The van der Waals surface area contributed by atoms with E-state index in [0.717, 1.165) is 11.2 Å². The lowest BCUT2D eigenvalue weighted by Gasteiger charge is -2.31. The Morgan fingerprint density at radius 1 is 0.714 bits per heavy atom.